The van der Waals surface area contributed by atoms with E-state index in [-0.39, 0.29) is 29.9 Å². The number of aromatic nitrogens is 1. The molecule has 0 atom stereocenters. The highest BCUT2D eigenvalue weighted by molar-refractivity contribution is 14.0. The second-order valence-electron chi connectivity index (χ2n) is 6.39. The van der Waals surface area contributed by atoms with Crippen molar-refractivity contribution in [2.45, 2.75) is 26.8 Å². The minimum Gasteiger partial charge on any atom is -0.459 e. The largest absolute Gasteiger partial charge is 0.459 e. The molecule has 28 heavy (non-hydrogen) atoms. The van der Waals surface area contributed by atoms with E-state index in [0.29, 0.717) is 25.4 Å². The fraction of sp³-hybridized carbons (Fsp3) is 0.474. The van der Waals surface area contributed by atoms with E-state index in [1.807, 2.05) is 44.8 Å². The van der Waals surface area contributed by atoms with Crippen LogP contribution in [0.2, 0.25) is 5.02 Å². The van der Waals surface area contributed by atoms with E-state index >= 15 is 0 Å². The Bertz CT molecular complexity index is 787. The van der Waals surface area contributed by atoms with Crippen LogP contribution in [0, 0.1) is 6.92 Å². The number of rotatable bonds is 8. The molecule has 0 spiro atoms. The summed E-state index contributed by atoms with van der Waals surface area (Å²) in [4.78, 5) is 18.7. The number of guanidine groups is 1. The van der Waals surface area contributed by atoms with Crippen LogP contribution in [0.3, 0.4) is 0 Å². The summed E-state index contributed by atoms with van der Waals surface area (Å²) in [6, 6.07) is 3.73. The molecule has 0 saturated carbocycles. The van der Waals surface area contributed by atoms with Crippen LogP contribution in [0.4, 0.5) is 0 Å². The van der Waals surface area contributed by atoms with Gasteiger partial charge in [-0.05, 0) is 32.4 Å². The van der Waals surface area contributed by atoms with Gasteiger partial charge in [0.2, 0.25) is 0 Å². The van der Waals surface area contributed by atoms with Gasteiger partial charge in [0.15, 0.2) is 11.7 Å². The fourth-order valence-corrected chi connectivity index (χ4v) is 2.93. The number of amides is 1. The first-order valence-corrected chi connectivity index (χ1v) is 9.42. The van der Waals surface area contributed by atoms with Gasteiger partial charge in [0, 0.05) is 51.2 Å². The van der Waals surface area contributed by atoms with Crippen LogP contribution in [0.25, 0.3) is 0 Å². The van der Waals surface area contributed by atoms with Crippen LogP contribution in [0.1, 0.15) is 35.2 Å². The molecule has 9 heteroatoms. The zero-order valence-corrected chi connectivity index (χ0v) is 19.9. The Morgan fingerprint density at radius 2 is 2.14 bits per heavy atom. The molecule has 0 aliphatic heterocycles. The average Bonchev–Trinajstić information content (AvgIpc) is 3.18. The Hall–Kier alpha value is -1.68. The maximum atomic E-state index is 12.0. The summed E-state index contributed by atoms with van der Waals surface area (Å²) < 4.78 is 7.19. The minimum absolute atomic E-state index is 0. The molecular weight excluding hydrogens is 493 g/mol. The quantitative estimate of drug-likeness (QED) is 0.242. The Balaban J connectivity index is 0.00000392. The number of aryl methyl sites for hydroxylation is 2. The molecule has 2 aromatic heterocycles. The van der Waals surface area contributed by atoms with Gasteiger partial charge in [0.1, 0.15) is 0 Å². The van der Waals surface area contributed by atoms with E-state index in [0.717, 1.165) is 35.2 Å². The summed E-state index contributed by atoms with van der Waals surface area (Å²) in [5.41, 5.74) is 1.94. The number of carbonyl (C=O) groups excluding carboxylic acids is 1. The van der Waals surface area contributed by atoms with Crippen molar-refractivity contribution in [3.05, 3.63) is 46.6 Å². The van der Waals surface area contributed by atoms with Crippen molar-refractivity contribution in [3.8, 4) is 0 Å². The number of hydrogen-bond donors (Lipinski definition) is 2. The third-order valence-electron chi connectivity index (χ3n) is 4.12. The summed E-state index contributed by atoms with van der Waals surface area (Å²) in [7, 11) is 3.96. The smallest absolute Gasteiger partial charge is 0.287 e. The lowest BCUT2D eigenvalue weighted by Crippen LogP contribution is -2.39. The van der Waals surface area contributed by atoms with Crippen molar-refractivity contribution < 1.29 is 9.21 Å². The van der Waals surface area contributed by atoms with Gasteiger partial charge in [-0.2, -0.15) is 0 Å². The molecular formula is C19H29ClIN5O2. The Morgan fingerprint density at radius 3 is 2.71 bits per heavy atom. The van der Waals surface area contributed by atoms with Gasteiger partial charge in [0.25, 0.3) is 5.91 Å². The highest BCUT2D eigenvalue weighted by Crippen LogP contribution is 2.14. The predicted octanol–water partition coefficient (Wildman–Crippen LogP) is 3.42. The maximum Gasteiger partial charge on any atom is 0.287 e. The Labute approximate surface area is 188 Å². The predicted molar refractivity (Wildman–Crippen MR) is 124 cm³/mol. The molecule has 1 amide bonds. The maximum absolute atomic E-state index is 12.0. The van der Waals surface area contributed by atoms with E-state index in [9.17, 15) is 4.79 Å². The second kappa shape index (κ2) is 12.0. The summed E-state index contributed by atoms with van der Waals surface area (Å²) in [6.45, 7) is 6.52. The SMILES string of the molecule is CCNC(=NCCCNC(=O)c1occc1C)N(C)Cc1cc(Cl)cn1C.I. The first-order valence-electron chi connectivity index (χ1n) is 9.04. The van der Waals surface area contributed by atoms with Crippen LogP contribution < -0.4 is 10.6 Å². The normalized spacial score (nSPS) is 11.1. The number of furan rings is 1. The first kappa shape index (κ1) is 24.4. The lowest BCUT2D eigenvalue weighted by atomic mass is 10.2. The number of halogens is 2. The molecule has 0 fully saturated rings. The van der Waals surface area contributed by atoms with Crippen molar-refractivity contribution in [2.24, 2.45) is 12.0 Å². The second-order valence-corrected chi connectivity index (χ2v) is 6.83. The van der Waals surface area contributed by atoms with Crippen LogP contribution in [0.5, 0.6) is 0 Å². The minimum atomic E-state index is -0.189. The first-order chi connectivity index (χ1) is 12.9. The highest BCUT2D eigenvalue weighted by atomic mass is 127. The van der Waals surface area contributed by atoms with Gasteiger partial charge >= 0.3 is 0 Å². The zero-order chi connectivity index (χ0) is 19.8. The molecule has 0 unspecified atom stereocenters. The van der Waals surface area contributed by atoms with Gasteiger partial charge in [0.05, 0.1) is 17.8 Å². The molecule has 0 aromatic carbocycles. The molecule has 0 bridgehead atoms. The molecule has 2 N–H and O–H groups in total. The Morgan fingerprint density at radius 1 is 1.39 bits per heavy atom. The molecule has 0 aliphatic carbocycles. The molecule has 156 valence electrons. The number of aliphatic imine (C=N–C) groups is 1. The van der Waals surface area contributed by atoms with E-state index in [4.69, 9.17) is 16.0 Å². The Kier molecular flexibility index (Phi) is 10.4. The van der Waals surface area contributed by atoms with E-state index in [1.54, 1.807) is 6.07 Å². The van der Waals surface area contributed by atoms with Crippen LogP contribution in [0.15, 0.2) is 34.0 Å². The van der Waals surface area contributed by atoms with Crippen LogP contribution >= 0.6 is 35.6 Å². The third-order valence-corrected chi connectivity index (χ3v) is 4.33. The number of hydrogen-bond acceptors (Lipinski definition) is 3. The van der Waals surface area contributed by atoms with E-state index < -0.39 is 0 Å². The summed E-state index contributed by atoms with van der Waals surface area (Å²) in [6.07, 6.45) is 4.15. The zero-order valence-electron chi connectivity index (χ0n) is 16.8. The molecule has 7 nitrogen and oxygen atoms in total. The molecule has 0 aliphatic rings. The van der Waals surface area contributed by atoms with E-state index in [2.05, 4.69) is 20.5 Å². The van der Waals surface area contributed by atoms with Gasteiger partial charge in [-0.25, -0.2) is 0 Å². The summed E-state index contributed by atoms with van der Waals surface area (Å²) in [5, 5.41) is 6.87. The molecule has 2 aromatic rings. The van der Waals surface area contributed by atoms with Crippen molar-refractivity contribution in [1.29, 1.82) is 0 Å². The molecule has 2 rings (SSSR count). The molecule has 0 radical (unpaired) electrons. The lowest BCUT2D eigenvalue weighted by Gasteiger charge is -2.22. The van der Waals surface area contributed by atoms with Crippen molar-refractivity contribution in [1.82, 2.24) is 20.1 Å². The number of nitrogens with zero attached hydrogens (tertiary/aromatic N) is 3. The lowest BCUT2D eigenvalue weighted by molar-refractivity contribution is 0.0925. The monoisotopic (exact) mass is 521 g/mol. The molecule has 0 saturated heterocycles. The van der Waals surface area contributed by atoms with E-state index in [1.165, 1.54) is 6.26 Å². The van der Waals surface area contributed by atoms with Crippen molar-refractivity contribution in [3.63, 3.8) is 0 Å². The topological polar surface area (TPSA) is 74.8 Å². The van der Waals surface area contributed by atoms with Gasteiger partial charge < -0.3 is 24.5 Å². The molecule has 2 heterocycles. The van der Waals surface area contributed by atoms with Gasteiger partial charge in [-0.3, -0.25) is 9.79 Å². The van der Waals surface area contributed by atoms with Gasteiger partial charge in [-0.1, -0.05) is 11.6 Å². The standard InChI is InChI=1S/C19H28ClN5O2.HI/c1-5-21-19(25(4)13-16-11-15(20)12-24(16)3)23-9-6-8-22-18(26)17-14(2)7-10-27-17;/h7,10-12H,5-6,8-9,13H2,1-4H3,(H,21,23)(H,22,26);1H. The van der Waals surface area contributed by atoms with Gasteiger partial charge in [-0.15, -0.1) is 24.0 Å². The highest BCUT2D eigenvalue weighted by Gasteiger charge is 2.12. The van der Waals surface area contributed by atoms with Crippen LogP contribution in [-0.4, -0.2) is 48.0 Å². The third kappa shape index (κ3) is 7.05. The summed E-state index contributed by atoms with van der Waals surface area (Å²) in [5.74, 6) is 1.00. The summed E-state index contributed by atoms with van der Waals surface area (Å²) >= 11 is 6.05. The number of nitrogens with one attached hydrogen (secondary N) is 2. The fourth-order valence-electron chi connectivity index (χ4n) is 2.66. The van der Waals surface area contributed by atoms with Crippen molar-refractivity contribution >= 4 is 47.4 Å². The number of carbonyl (C=O) groups is 1. The average molecular weight is 522 g/mol. The van der Waals surface area contributed by atoms with Crippen molar-refractivity contribution in [2.75, 3.05) is 26.7 Å². The van der Waals surface area contributed by atoms with Crippen LogP contribution in [-0.2, 0) is 13.6 Å².